The fraction of sp³-hybridized carbons (Fsp3) is 0.375. The van der Waals surface area contributed by atoms with Gasteiger partial charge in [-0.05, 0) is 67.8 Å². The van der Waals surface area contributed by atoms with Gasteiger partial charge < -0.3 is 14.2 Å². The van der Waals surface area contributed by atoms with Gasteiger partial charge >= 0.3 is 18.4 Å². The molecular weight excluding hydrogens is 535 g/mol. The molecule has 1 atom stereocenters. The number of nitrogens with zero attached hydrogens (tertiary/aromatic N) is 3. The third-order valence-electron chi connectivity index (χ3n) is 5.26. The molecule has 0 radical (unpaired) electrons. The number of urea groups is 1. The smallest absolute Gasteiger partial charge is 0.465 e. The number of esters is 1. The molecule has 1 aliphatic heterocycles. The molecule has 0 spiro atoms. The van der Waals surface area contributed by atoms with E-state index in [2.05, 4.69) is 9.84 Å². The molecule has 0 N–H and O–H groups in total. The first-order chi connectivity index (χ1) is 17.5. The maximum atomic E-state index is 13.7. The highest BCUT2D eigenvalue weighted by Gasteiger charge is 2.49. The zero-order valence-corrected chi connectivity index (χ0v) is 21.8. The number of benzene rings is 2. The van der Waals surface area contributed by atoms with Crippen molar-refractivity contribution in [2.24, 2.45) is 10.5 Å². The van der Waals surface area contributed by atoms with E-state index in [0.717, 1.165) is 29.1 Å². The summed E-state index contributed by atoms with van der Waals surface area (Å²) in [7, 11) is 1.50. The molecule has 0 aliphatic carbocycles. The summed E-state index contributed by atoms with van der Waals surface area (Å²) in [5.41, 5.74) is -0.0740. The predicted octanol–water partition coefficient (Wildman–Crippen LogP) is 5.75. The van der Waals surface area contributed by atoms with Gasteiger partial charge in [0.15, 0.2) is 0 Å². The normalized spacial score (nSPS) is 17.4. The van der Waals surface area contributed by atoms with Crippen LogP contribution < -0.4 is 9.04 Å². The number of hydrogen-bond donors (Lipinski definition) is 0. The topological polar surface area (TPSA) is 80.7 Å². The highest BCUT2D eigenvalue weighted by molar-refractivity contribution is 8.01. The molecule has 2 amide bonds. The molecule has 2 aromatic rings. The van der Waals surface area contributed by atoms with E-state index >= 15 is 0 Å². The standard InChI is InChI=1S/C24H25ClF3N3O5S/c1-4-35-21(32)23(2)15-30(29-20(23)16-5-7-17(25)8-6-16)22(33)31(37-14-13-34-3)18-9-11-19(12-10-18)36-24(26,27)28/h5-12H,4,13-15H2,1-3H3. The molecule has 8 nitrogen and oxygen atoms in total. The highest BCUT2D eigenvalue weighted by atomic mass is 35.5. The van der Waals surface area contributed by atoms with Crippen LogP contribution in [-0.2, 0) is 14.3 Å². The summed E-state index contributed by atoms with van der Waals surface area (Å²) in [4.78, 5) is 26.6. The van der Waals surface area contributed by atoms with Crippen molar-refractivity contribution in [3.63, 3.8) is 0 Å². The highest BCUT2D eigenvalue weighted by Crippen LogP contribution is 2.36. The fourth-order valence-corrected chi connectivity index (χ4v) is 4.55. The van der Waals surface area contributed by atoms with E-state index in [-0.39, 0.29) is 18.8 Å². The first-order valence-electron chi connectivity index (χ1n) is 11.1. The van der Waals surface area contributed by atoms with Gasteiger partial charge in [-0.1, -0.05) is 23.7 Å². The summed E-state index contributed by atoms with van der Waals surface area (Å²) in [6.07, 6.45) is -4.84. The first-order valence-corrected chi connectivity index (χ1v) is 12.4. The van der Waals surface area contributed by atoms with Gasteiger partial charge in [-0.25, -0.2) is 14.1 Å². The molecule has 0 saturated carbocycles. The van der Waals surface area contributed by atoms with Crippen molar-refractivity contribution in [2.45, 2.75) is 20.2 Å². The number of amides is 2. The largest absolute Gasteiger partial charge is 0.573 e. The van der Waals surface area contributed by atoms with E-state index in [9.17, 15) is 22.8 Å². The second kappa shape index (κ2) is 12.1. The van der Waals surface area contributed by atoms with E-state index in [1.807, 2.05) is 0 Å². The van der Waals surface area contributed by atoms with Crippen LogP contribution in [0.4, 0.5) is 23.7 Å². The minimum Gasteiger partial charge on any atom is -0.465 e. The Labute approximate surface area is 221 Å². The first kappa shape index (κ1) is 28.6. The van der Waals surface area contributed by atoms with Gasteiger partial charge in [0, 0.05) is 17.9 Å². The average molecular weight is 560 g/mol. The van der Waals surface area contributed by atoms with E-state index in [1.165, 1.54) is 23.5 Å². The number of hydrazone groups is 1. The van der Waals surface area contributed by atoms with Crippen molar-refractivity contribution in [3.05, 3.63) is 59.1 Å². The Morgan fingerprint density at radius 3 is 2.38 bits per heavy atom. The number of carbonyl (C=O) groups excluding carboxylic acids is 2. The van der Waals surface area contributed by atoms with Crippen LogP contribution in [-0.4, -0.2) is 61.7 Å². The van der Waals surface area contributed by atoms with Gasteiger partial charge in [0.05, 0.1) is 31.2 Å². The Hall–Kier alpha value is -2.96. The average Bonchev–Trinajstić information content (AvgIpc) is 3.21. The second-order valence-electron chi connectivity index (χ2n) is 8.01. The van der Waals surface area contributed by atoms with Crippen LogP contribution in [0.3, 0.4) is 0 Å². The lowest BCUT2D eigenvalue weighted by atomic mass is 9.82. The van der Waals surface area contributed by atoms with Gasteiger partial charge in [-0.2, -0.15) is 5.10 Å². The Bertz CT molecular complexity index is 1130. The molecule has 13 heteroatoms. The van der Waals surface area contributed by atoms with Gasteiger partial charge in [0.1, 0.15) is 11.2 Å². The van der Waals surface area contributed by atoms with Gasteiger partial charge in [0.25, 0.3) is 0 Å². The van der Waals surface area contributed by atoms with Crippen LogP contribution in [0.1, 0.15) is 19.4 Å². The number of rotatable bonds is 9. The van der Waals surface area contributed by atoms with Crippen LogP contribution >= 0.6 is 23.5 Å². The second-order valence-corrected chi connectivity index (χ2v) is 9.48. The van der Waals surface area contributed by atoms with Crippen LogP contribution in [0.15, 0.2) is 53.6 Å². The number of ether oxygens (including phenoxy) is 3. The molecule has 0 bridgehead atoms. The third-order valence-corrected chi connectivity index (χ3v) is 6.49. The van der Waals surface area contributed by atoms with E-state index in [1.54, 1.807) is 38.1 Å². The van der Waals surface area contributed by atoms with Gasteiger partial charge in [-0.3, -0.25) is 4.79 Å². The summed E-state index contributed by atoms with van der Waals surface area (Å²) in [5.74, 6) is -0.615. The fourth-order valence-electron chi connectivity index (χ4n) is 3.53. The molecule has 1 heterocycles. The van der Waals surface area contributed by atoms with Crippen molar-refractivity contribution < 1.29 is 37.0 Å². The zero-order chi connectivity index (χ0) is 27.2. The van der Waals surface area contributed by atoms with E-state index in [4.69, 9.17) is 21.1 Å². The summed E-state index contributed by atoms with van der Waals surface area (Å²) in [6.45, 7) is 3.65. The lowest BCUT2D eigenvalue weighted by Gasteiger charge is -2.27. The third kappa shape index (κ3) is 7.08. The molecule has 1 aliphatic rings. The quantitative estimate of drug-likeness (QED) is 0.221. The Morgan fingerprint density at radius 2 is 1.81 bits per heavy atom. The Balaban J connectivity index is 1.95. The lowest BCUT2D eigenvalue weighted by Crippen LogP contribution is -2.44. The maximum absolute atomic E-state index is 13.7. The van der Waals surface area contributed by atoms with Crippen molar-refractivity contribution in [2.75, 3.05) is 36.9 Å². The number of methoxy groups -OCH3 is 1. The molecule has 1 unspecified atom stereocenters. The number of alkyl halides is 3. The van der Waals surface area contributed by atoms with Crippen molar-refractivity contribution in [1.29, 1.82) is 0 Å². The van der Waals surface area contributed by atoms with Crippen molar-refractivity contribution >= 4 is 46.9 Å². The van der Waals surface area contributed by atoms with E-state index in [0.29, 0.717) is 28.7 Å². The maximum Gasteiger partial charge on any atom is 0.573 e. The molecule has 0 saturated heterocycles. The monoisotopic (exact) mass is 559 g/mol. The molecule has 37 heavy (non-hydrogen) atoms. The van der Waals surface area contributed by atoms with E-state index < -0.39 is 29.5 Å². The summed E-state index contributed by atoms with van der Waals surface area (Å²) < 4.78 is 53.2. The zero-order valence-electron chi connectivity index (χ0n) is 20.3. The molecule has 0 fully saturated rings. The summed E-state index contributed by atoms with van der Waals surface area (Å²) in [5, 5.41) is 6.11. The van der Waals surface area contributed by atoms with Crippen LogP contribution in [0.2, 0.25) is 5.02 Å². The van der Waals surface area contributed by atoms with Crippen molar-refractivity contribution in [3.8, 4) is 5.75 Å². The minimum absolute atomic E-state index is 0.112. The molecule has 2 aromatic carbocycles. The van der Waals surface area contributed by atoms with Crippen molar-refractivity contribution in [1.82, 2.24) is 5.01 Å². The SMILES string of the molecule is CCOC(=O)C1(C)CN(C(=O)N(SCCOC)c2ccc(OC(F)(F)F)cc2)N=C1c1ccc(Cl)cc1. The summed E-state index contributed by atoms with van der Waals surface area (Å²) in [6, 6.07) is 10.9. The van der Waals surface area contributed by atoms with Crippen LogP contribution in [0, 0.1) is 5.41 Å². The number of hydrogen-bond acceptors (Lipinski definition) is 7. The Kier molecular flexibility index (Phi) is 9.32. The minimum atomic E-state index is -4.84. The molecule has 3 rings (SSSR count). The number of anilines is 1. The molecule has 200 valence electrons. The number of halogens is 4. The van der Waals surface area contributed by atoms with Gasteiger partial charge in [0.2, 0.25) is 0 Å². The van der Waals surface area contributed by atoms with Gasteiger partial charge in [-0.15, -0.1) is 13.2 Å². The lowest BCUT2D eigenvalue weighted by molar-refractivity contribution is -0.274. The van der Waals surface area contributed by atoms with Crippen LogP contribution in [0.25, 0.3) is 0 Å². The predicted molar refractivity (Wildman–Crippen MR) is 135 cm³/mol. The van der Waals surface area contributed by atoms with Crippen LogP contribution in [0.5, 0.6) is 5.75 Å². The molecule has 0 aromatic heterocycles. The number of carbonyl (C=O) groups is 2. The summed E-state index contributed by atoms with van der Waals surface area (Å²) >= 11 is 7.09. The Morgan fingerprint density at radius 1 is 1.16 bits per heavy atom. The molecular formula is C24H25ClF3N3O5S.